The van der Waals surface area contributed by atoms with Crippen LogP contribution in [0.4, 0.5) is 5.82 Å². The second kappa shape index (κ2) is 8.47. The fourth-order valence-corrected chi connectivity index (χ4v) is 3.24. The molecule has 3 aromatic rings. The summed E-state index contributed by atoms with van der Waals surface area (Å²) in [6, 6.07) is 14.7. The van der Waals surface area contributed by atoms with Crippen LogP contribution in [-0.2, 0) is 4.79 Å². The first-order chi connectivity index (χ1) is 12.9. The Hall–Kier alpha value is -2.48. The lowest BCUT2D eigenvalue weighted by Gasteiger charge is -2.13. The van der Waals surface area contributed by atoms with E-state index in [-0.39, 0.29) is 17.5 Å². The Morgan fingerprint density at radius 1 is 1.00 bits per heavy atom. The number of aromatic nitrogens is 2. The summed E-state index contributed by atoms with van der Waals surface area (Å²) >= 11 is 13.0. The highest BCUT2D eigenvalue weighted by atomic mass is 35.5. The summed E-state index contributed by atoms with van der Waals surface area (Å²) < 4.78 is 1.20. The summed E-state index contributed by atoms with van der Waals surface area (Å²) in [5.41, 5.74) is -0.808. The van der Waals surface area contributed by atoms with Gasteiger partial charge < -0.3 is 5.32 Å². The molecule has 2 N–H and O–H groups in total. The summed E-state index contributed by atoms with van der Waals surface area (Å²) in [6.45, 7) is 0. The molecule has 1 aromatic heterocycles. The van der Waals surface area contributed by atoms with Gasteiger partial charge in [0.15, 0.2) is 0 Å². The number of anilines is 1. The predicted octanol–water partition coefficient (Wildman–Crippen LogP) is 3.56. The van der Waals surface area contributed by atoms with E-state index in [1.165, 1.54) is 16.3 Å². The molecule has 3 rings (SSSR count). The second-order valence-electron chi connectivity index (χ2n) is 5.43. The lowest BCUT2D eigenvalue weighted by Crippen LogP contribution is -2.32. The van der Waals surface area contributed by atoms with Crippen LogP contribution in [0.1, 0.15) is 0 Å². The molecule has 0 aliphatic rings. The van der Waals surface area contributed by atoms with Gasteiger partial charge in [-0.15, -0.1) is 11.8 Å². The van der Waals surface area contributed by atoms with Gasteiger partial charge in [0.25, 0.3) is 5.56 Å². The summed E-state index contributed by atoms with van der Waals surface area (Å²) in [4.78, 5) is 39.3. The number of halogens is 2. The van der Waals surface area contributed by atoms with Gasteiger partial charge in [-0.3, -0.25) is 14.6 Å². The maximum absolute atomic E-state index is 12.3. The van der Waals surface area contributed by atoms with Crippen LogP contribution < -0.4 is 16.6 Å². The number of hydrogen-bond donors (Lipinski definition) is 2. The zero-order valence-electron chi connectivity index (χ0n) is 13.7. The molecule has 0 saturated carbocycles. The van der Waals surface area contributed by atoms with Crippen molar-refractivity contribution in [3.63, 3.8) is 0 Å². The molecule has 0 atom stereocenters. The van der Waals surface area contributed by atoms with E-state index in [0.717, 1.165) is 11.0 Å². The smallest absolute Gasteiger partial charge is 0.311 e. The number of carbonyl (C=O) groups is 1. The Labute approximate surface area is 168 Å². The number of amides is 1. The SMILES string of the molecule is O=C(CSc1ccc(Cl)cc1)Nc1cc(=O)[nH]c(=O)n1-c1ccc(Cl)cc1. The molecular formula is C18H13Cl2N3O3S. The van der Waals surface area contributed by atoms with Gasteiger partial charge in [-0.25, -0.2) is 9.36 Å². The Bertz CT molecular complexity index is 1080. The van der Waals surface area contributed by atoms with Crippen LogP contribution in [-0.4, -0.2) is 21.2 Å². The average molecular weight is 422 g/mol. The normalized spacial score (nSPS) is 10.6. The Balaban J connectivity index is 1.82. The molecule has 2 aromatic carbocycles. The topological polar surface area (TPSA) is 84.0 Å². The minimum absolute atomic E-state index is 0.0766. The Morgan fingerprint density at radius 3 is 2.22 bits per heavy atom. The molecule has 0 aliphatic heterocycles. The van der Waals surface area contributed by atoms with Crippen molar-refractivity contribution in [1.29, 1.82) is 0 Å². The van der Waals surface area contributed by atoms with Gasteiger partial charge >= 0.3 is 5.69 Å². The van der Waals surface area contributed by atoms with Crippen molar-refractivity contribution < 1.29 is 4.79 Å². The molecule has 9 heteroatoms. The number of thioether (sulfide) groups is 1. The lowest BCUT2D eigenvalue weighted by atomic mass is 10.3. The zero-order chi connectivity index (χ0) is 19.4. The molecular weight excluding hydrogens is 409 g/mol. The minimum Gasteiger partial charge on any atom is -0.311 e. The lowest BCUT2D eigenvalue weighted by molar-refractivity contribution is -0.113. The van der Waals surface area contributed by atoms with Gasteiger partial charge in [-0.05, 0) is 48.5 Å². The summed E-state index contributed by atoms with van der Waals surface area (Å²) in [5.74, 6) is -0.182. The molecule has 138 valence electrons. The monoisotopic (exact) mass is 421 g/mol. The molecule has 0 fully saturated rings. The second-order valence-corrected chi connectivity index (χ2v) is 7.35. The number of carbonyl (C=O) groups excluding carboxylic acids is 1. The van der Waals surface area contributed by atoms with Crippen LogP contribution in [0.3, 0.4) is 0 Å². The van der Waals surface area contributed by atoms with Crippen LogP contribution in [0, 0.1) is 0 Å². The number of aromatic amines is 1. The van der Waals surface area contributed by atoms with Crippen LogP contribution >= 0.6 is 35.0 Å². The number of nitrogens with one attached hydrogen (secondary N) is 2. The van der Waals surface area contributed by atoms with Gasteiger partial charge in [0.1, 0.15) is 5.82 Å². The predicted molar refractivity (Wildman–Crippen MR) is 108 cm³/mol. The van der Waals surface area contributed by atoms with Crippen molar-refractivity contribution in [3.8, 4) is 5.69 Å². The van der Waals surface area contributed by atoms with Crippen molar-refractivity contribution >= 4 is 46.7 Å². The van der Waals surface area contributed by atoms with Crippen LogP contribution in [0.25, 0.3) is 5.69 Å². The third kappa shape index (κ3) is 5.03. The maximum atomic E-state index is 12.3. The molecule has 6 nitrogen and oxygen atoms in total. The highest BCUT2D eigenvalue weighted by molar-refractivity contribution is 8.00. The quantitative estimate of drug-likeness (QED) is 0.616. The number of nitrogens with zero attached hydrogens (tertiary/aromatic N) is 1. The van der Waals surface area contributed by atoms with Crippen LogP contribution in [0.2, 0.25) is 10.0 Å². The fourth-order valence-electron chi connectivity index (χ4n) is 2.29. The summed E-state index contributed by atoms with van der Waals surface area (Å²) in [5, 5.41) is 3.72. The number of H-pyrrole nitrogens is 1. The fraction of sp³-hybridized carbons (Fsp3) is 0.0556. The van der Waals surface area contributed by atoms with E-state index in [2.05, 4.69) is 10.3 Å². The molecule has 0 radical (unpaired) electrons. The summed E-state index contributed by atoms with van der Waals surface area (Å²) in [6.07, 6.45) is 0. The third-order valence-electron chi connectivity index (χ3n) is 3.48. The molecule has 0 aliphatic carbocycles. The van der Waals surface area contributed by atoms with E-state index in [4.69, 9.17) is 23.2 Å². The van der Waals surface area contributed by atoms with Crippen molar-refractivity contribution in [2.75, 3.05) is 11.1 Å². The number of hydrogen-bond acceptors (Lipinski definition) is 4. The maximum Gasteiger partial charge on any atom is 0.334 e. The molecule has 0 bridgehead atoms. The first-order valence-electron chi connectivity index (χ1n) is 7.73. The Kier molecular flexibility index (Phi) is 6.05. The standard InChI is InChI=1S/C18H13Cl2N3O3S/c19-11-1-5-13(6-2-11)23-15(9-16(24)22-18(23)26)21-17(25)10-27-14-7-3-12(20)4-8-14/h1-9H,10H2,(H,21,25)(H,22,24,26). The molecule has 0 saturated heterocycles. The van der Waals surface area contributed by atoms with E-state index < -0.39 is 11.2 Å². The first kappa shape index (κ1) is 19.3. The van der Waals surface area contributed by atoms with Gasteiger partial charge in [-0.1, -0.05) is 23.2 Å². The molecule has 1 heterocycles. The molecule has 0 unspecified atom stereocenters. The van der Waals surface area contributed by atoms with E-state index in [1.54, 1.807) is 48.5 Å². The van der Waals surface area contributed by atoms with Crippen molar-refractivity contribution in [3.05, 3.63) is 85.5 Å². The van der Waals surface area contributed by atoms with Gasteiger partial charge in [0.2, 0.25) is 5.91 Å². The van der Waals surface area contributed by atoms with Crippen molar-refractivity contribution in [1.82, 2.24) is 9.55 Å². The van der Waals surface area contributed by atoms with E-state index in [1.807, 2.05) is 0 Å². The molecule has 0 spiro atoms. The zero-order valence-corrected chi connectivity index (χ0v) is 16.1. The van der Waals surface area contributed by atoms with Gasteiger partial charge in [0, 0.05) is 21.0 Å². The average Bonchev–Trinajstić information content (AvgIpc) is 2.62. The van der Waals surface area contributed by atoms with E-state index in [9.17, 15) is 14.4 Å². The first-order valence-corrected chi connectivity index (χ1v) is 9.47. The van der Waals surface area contributed by atoms with Crippen molar-refractivity contribution in [2.45, 2.75) is 4.90 Å². The van der Waals surface area contributed by atoms with Crippen LogP contribution in [0.15, 0.2) is 69.1 Å². The van der Waals surface area contributed by atoms with Gasteiger partial charge in [-0.2, -0.15) is 0 Å². The number of benzene rings is 2. The van der Waals surface area contributed by atoms with Gasteiger partial charge in [0.05, 0.1) is 11.4 Å². The molecule has 27 heavy (non-hydrogen) atoms. The largest absolute Gasteiger partial charge is 0.334 e. The Morgan fingerprint density at radius 2 is 1.59 bits per heavy atom. The third-order valence-corrected chi connectivity index (χ3v) is 4.99. The molecule has 1 amide bonds. The minimum atomic E-state index is -0.662. The van der Waals surface area contributed by atoms with Crippen molar-refractivity contribution in [2.24, 2.45) is 0 Å². The van der Waals surface area contributed by atoms with Crippen LogP contribution in [0.5, 0.6) is 0 Å². The highest BCUT2D eigenvalue weighted by Crippen LogP contribution is 2.21. The highest BCUT2D eigenvalue weighted by Gasteiger charge is 2.12. The summed E-state index contributed by atoms with van der Waals surface area (Å²) in [7, 11) is 0. The number of rotatable bonds is 5. The van der Waals surface area contributed by atoms with E-state index >= 15 is 0 Å². The van der Waals surface area contributed by atoms with E-state index in [0.29, 0.717) is 15.7 Å².